The van der Waals surface area contributed by atoms with E-state index < -0.39 is 0 Å². The molecule has 0 spiro atoms. The van der Waals surface area contributed by atoms with Crippen LogP contribution >= 0.6 is 40.7 Å². The molecule has 1 heterocycles. The van der Waals surface area contributed by atoms with Gasteiger partial charge >= 0.3 is 0 Å². The second-order valence-electron chi connectivity index (χ2n) is 5.45. The van der Waals surface area contributed by atoms with Gasteiger partial charge in [-0.15, -0.1) is 24.8 Å². The number of nitrogens with one attached hydrogen (secondary N) is 1. The van der Waals surface area contributed by atoms with Crippen molar-refractivity contribution in [2.75, 3.05) is 26.2 Å². The molecule has 0 saturated carbocycles. The summed E-state index contributed by atoms with van der Waals surface area (Å²) in [5, 5.41) is 3.44. The molecule has 1 aliphatic heterocycles. The van der Waals surface area contributed by atoms with Crippen molar-refractivity contribution in [3.05, 3.63) is 34.3 Å². The zero-order chi connectivity index (χ0) is 13.0. The second kappa shape index (κ2) is 10.0. The lowest BCUT2D eigenvalue weighted by atomic mass is 9.95. The summed E-state index contributed by atoms with van der Waals surface area (Å²) in [5.41, 5.74) is 1.44. The van der Waals surface area contributed by atoms with Gasteiger partial charge in [0.05, 0.1) is 0 Å². The molecule has 2 rings (SSSR count). The van der Waals surface area contributed by atoms with Gasteiger partial charge in [-0.3, -0.25) is 4.90 Å². The largest absolute Gasteiger partial charge is 0.314 e. The van der Waals surface area contributed by atoms with Crippen LogP contribution in [0.5, 0.6) is 0 Å². The molecule has 0 radical (unpaired) electrons. The number of piperazine rings is 1. The number of hydrogen-bond acceptors (Lipinski definition) is 2. The van der Waals surface area contributed by atoms with Gasteiger partial charge in [0, 0.05) is 36.7 Å². The van der Waals surface area contributed by atoms with Gasteiger partial charge in [-0.2, -0.15) is 0 Å². The first-order valence-corrected chi connectivity index (χ1v) is 7.67. The number of rotatable bonds is 4. The highest BCUT2D eigenvalue weighted by molar-refractivity contribution is 9.10. The summed E-state index contributed by atoms with van der Waals surface area (Å²) in [7, 11) is 0. The van der Waals surface area contributed by atoms with Crippen molar-refractivity contribution in [1.29, 1.82) is 0 Å². The highest BCUT2D eigenvalue weighted by Crippen LogP contribution is 2.32. The zero-order valence-corrected chi connectivity index (χ0v) is 15.4. The van der Waals surface area contributed by atoms with Crippen molar-refractivity contribution in [3.63, 3.8) is 0 Å². The monoisotopic (exact) mass is 382 g/mol. The van der Waals surface area contributed by atoms with Gasteiger partial charge in [0.15, 0.2) is 0 Å². The molecule has 5 heteroatoms. The maximum atomic E-state index is 3.71. The minimum atomic E-state index is 0. The summed E-state index contributed by atoms with van der Waals surface area (Å²) in [6, 6.07) is 9.21. The minimum Gasteiger partial charge on any atom is -0.314 e. The Morgan fingerprint density at radius 1 is 1.15 bits per heavy atom. The van der Waals surface area contributed by atoms with E-state index in [4.69, 9.17) is 0 Å². The predicted octanol–water partition coefficient (Wildman–Crippen LogP) is 4.29. The third-order valence-corrected chi connectivity index (χ3v) is 4.27. The predicted molar refractivity (Wildman–Crippen MR) is 95.3 cm³/mol. The van der Waals surface area contributed by atoms with E-state index in [1.54, 1.807) is 0 Å². The van der Waals surface area contributed by atoms with Gasteiger partial charge in [-0.05, 0) is 24.0 Å². The van der Waals surface area contributed by atoms with E-state index in [1.807, 2.05) is 0 Å². The Bertz CT molecular complexity index is 382. The van der Waals surface area contributed by atoms with Crippen LogP contribution in [0.3, 0.4) is 0 Å². The third kappa shape index (κ3) is 5.53. The van der Waals surface area contributed by atoms with Crippen molar-refractivity contribution in [2.24, 2.45) is 5.92 Å². The molecule has 2 nitrogen and oxygen atoms in total. The highest BCUT2D eigenvalue weighted by atomic mass is 79.9. The van der Waals surface area contributed by atoms with Crippen LogP contribution in [0.2, 0.25) is 0 Å². The molecule has 116 valence electrons. The Kier molecular flexibility index (Phi) is 10.1. The van der Waals surface area contributed by atoms with E-state index in [1.165, 1.54) is 16.5 Å². The lowest BCUT2D eigenvalue weighted by molar-refractivity contribution is 0.153. The molecular weight excluding hydrogens is 359 g/mol. The van der Waals surface area contributed by atoms with Gasteiger partial charge in [-0.1, -0.05) is 48.0 Å². The summed E-state index contributed by atoms with van der Waals surface area (Å²) in [6.07, 6.45) is 1.22. The van der Waals surface area contributed by atoms with Crippen molar-refractivity contribution < 1.29 is 0 Å². The Hall–Kier alpha value is 0.200. The number of hydrogen-bond donors (Lipinski definition) is 1. The van der Waals surface area contributed by atoms with E-state index in [2.05, 4.69) is 64.3 Å². The normalized spacial score (nSPS) is 17.2. The first-order valence-electron chi connectivity index (χ1n) is 6.87. The quantitative estimate of drug-likeness (QED) is 0.834. The Labute approximate surface area is 143 Å². The molecule has 1 N–H and O–H groups in total. The summed E-state index contributed by atoms with van der Waals surface area (Å²) in [4.78, 5) is 2.62. The molecule has 1 atom stereocenters. The summed E-state index contributed by atoms with van der Waals surface area (Å²) in [5.74, 6) is 0.719. The van der Waals surface area contributed by atoms with E-state index >= 15 is 0 Å². The lowest BCUT2D eigenvalue weighted by Gasteiger charge is -2.36. The second-order valence-corrected chi connectivity index (χ2v) is 6.31. The molecular formula is C15H25BrCl2N2. The first kappa shape index (κ1) is 20.2. The molecule has 1 aliphatic rings. The first-order chi connectivity index (χ1) is 8.68. The molecule has 1 saturated heterocycles. The number of benzene rings is 1. The molecule has 0 aliphatic carbocycles. The van der Waals surface area contributed by atoms with Crippen LogP contribution in [-0.2, 0) is 0 Å². The zero-order valence-electron chi connectivity index (χ0n) is 12.1. The molecule has 0 amide bonds. The number of halogens is 3. The number of nitrogens with zero attached hydrogens (tertiary/aromatic N) is 1. The lowest BCUT2D eigenvalue weighted by Crippen LogP contribution is -2.45. The average molecular weight is 384 g/mol. The van der Waals surface area contributed by atoms with Gasteiger partial charge in [0.1, 0.15) is 0 Å². The SMILES string of the molecule is CC(C)C[C@@H](c1ccccc1Br)N1CCNCC1.Cl.Cl. The maximum Gasteiger partial charge on any atom is 0.0362 e. The minimum absolute atomic E-state index is 0. The molecule has 1 aromatic carbocycles. The van der Waals surface area contributed by atoms with E-state index in [-0.39, 0.29) is 24.8 Å². The summed E-state index contributed by atoms with van der Waals surface area (Å²) >= 11 is 3.71. The van der Waals surface area contributed by atoms with E-state index in [9.17, 15) is 0 Å². The Morgan fingerprint density at radius 3 is 2.30 bits per heavy atom. The van der Waals surface area contributed by atoms with Gasteiger partial charge in [0.25, 0.3) is 0 Å². The van der Waals surface area contributed by atoms with Crippen LogP contribution < -0.4 is 5.32 Å². The molecule has 0 aromatic heterocycles. The van der Waals surface area contributed by atoms with Gasteiger partial charge < -0.3 is 5.32 Å². The third-order valence-electron chi connectivity index (χ3n) is 3.55. The van der Waals surface area contributed by atoms with Gasteiger partial charge in [0.2, 0.25) is 0 Å². The van der Waals surface area contributed by atoms with E-state index in [0.717, 1.165) is 32.1 Å². The van der Waals surface area contributed by atoms with Crippen LogP contribution in [-0.4, -0.2) is 31.1 Å². The van der Waals surface area contributed by atoms with E-state index in [0.29, 0.717) is 6.04 Å². The maximum absolute atomic E-state index is 3.71. The average Bonchev–Trinajstić information content (AvgIpc) is 2.38. The van der Waals surface area contributed by atoms with Crippen molar-refractivity contribution in [3.8, 4) is 0 Å². The van der Waals surface area contributed by atoms with Crippen LogP contribution in [0.25, 0.3) is 0 Å². The van der Waals surface area contributed by atoms with Crippen molar-refractivity contribution in [1.82, 2.24) is 10.2 Å². The fraction of sp³-hybridized carbons (Fsp3) is 0.600. The topological polar surface area (TPSA) is 15.3 Å². The smallest absolute Gasteiger partial charge is 0.0362 e. The summed E-state index contributed by atoms with van der Waals surface area (Å²) in [6.45, 7) is 9.15. The molecule has 0 bridgehead atoms. The van der Waals surface area contributed by atoms with Gasteiger partial charge in [-0.25, -0.2) is 0 Å². The molecule has 1 aromatic rings. The Morgan fingerprint density at radius 2 is 1.75 bits per heavy atom. The molecule has 20 heavy (non-hydrogen) atoms. The van der Waals surface area contributed by atoms with Crippen LogP contribution in [0.1, 0.15) is 31.9 Å². The van der Waals surface area contributed by atoms with Crippen molar-refractivity contribution >= 4 is 40.7 Å². The van der Waals surface area contributed by atoms with Crippen LogP contribution in [0.15, 0.2) is 28.7 Å². The van der Waals surface area contributed by atoms with Crippen LogP contribution in [0, 0.1) is 5.92 Å². The molecule has 1 fully saturated rings. The highest BCUT2D eigenvalue weighted by Gasteiger charge is 2.24. The Balaban J connectivity index is 0.00000180. The fourth-order valence-corrected chi connectivity index (χ4v) is 3.21. The standard InChI is InChI=1S/C15H23BrN2.2ClH/c1-12(2)11-15(18-9-7-17-8-10-18)13-5-3-4-6-14(13)16;;/h3-6,12,15,17H,7-11H2,1-2H3;2*1H/t15-;;/m0../s1. The van der Waals surface area contributed by atoms with Crippen LogP contribution in [0.4, 0.5) is 0 Å². The molecule has 0 unspecified atom stereocenters. The summed E-state index contributed by atoms with van der Waals surface area (Å²) < 4.78 is 1.24. The van der Waals surface area contributed by atoms with Crippen molar-refractivity contribution in [2.45, 2.75) is 26.3 Å². The fourth-order valence-electron chi connectivity index (χ4n) is 2.66.